The predicted octanol–water partition coefficient (Wildman–Crippen LogP) is 2.37. The number of carbonyl (C=O) groups is 1. The zero-order valence-electron chi connectivity index (χ0n) is 14.2. The molecule has 0 aliphatic carbocycles. The third kappa shape index (κ3) is 2.44. The van der Waals surface area contributed by atoms with Gasteiger partial charge in [-0.15, -0.1) is 0 Å². The Morgan fingerprint density at radius 3 is 2.54 bits per heavy atom. The van der Waals surface area contributed by atoms with Crippen LogP contribution in [0.3, 0.4) is 0 Å². The van der Waals surface area contributed by atoms with Crippen LogP contribution in [-0.2, 0) is 11.0 Å². The molecule has 3 rings (SSSR count). The molecule has 1 atom stereocenters. The van der Waals surface area contributed by atoms with Crippen LogP contribution in [-0.4, -0.2) is 54.1 Å². The average Bonchev–Trinajstić information content (AvgIpc) is 2.51. The molecule has 0 bridgehead atoms. The molecule has 1 fully saturated rings. The molecule has 5 nitrogen and oxygen atoms in total. The smallest absolute Gasteiger partial charge is 0.338 e. The fraction of sp³-hybridized carbons (Fsp3) is 0.625. The van der Waals surface area contributed by atoms with Gasteiger partial charge in [0.1, 0.15) is 5.54 Å². The van der Waals surface area contributed by atoms with Gasteiger partial charge in [-0.3, -0.25) is 9.69 Å². The first kappa shape index (κ1) is 17.0. The number of alkyl halides is 3. The lowest BCUT2D eigenvalue weighted by molar-refractivity contribution is -0.138. The molecular weight excluding hydrogens is 321 g/mol. The number of anilines is 2. The number of carbonyl (C=O) groups excluding carboxylic acids is 1. The average molecular weight is 342 g/mol. The minimum Gasteiger partial charge on any atom is -0.338 e. The summed E-state index contributed by atoms with van der Waals surface area (Å²) in [5, 5.41) is 0. The molecule has 1 amide bonds. The SMILES string of the molecule is CC(C)N1CCN2c3ncc(C(F)(F)F)cc3N(C)C(=O)C2(C)C1. The number of halogens is 3. The van der Waals surface area contributed by atoms with Crippen LogP contribution in [0.4, 0.5) is 24.7 Å². The minimum absolute atomic E-state index is 0.207. The second-order valence-corrected chi connectivity index (χ2v) is 6.92. The number of hydrogen-bond acceptors (Lipinski definition) is 4. The molecule has 24 heavy (non-hydrogen) atoms. The molecule has 0 saturated carbocycles. The summed E-state index contributed by atoms with van der Waals surface area (Å²) in [4.78, 5) is 22.3. The first-order valence-electron chi connectivity index (χ1n) is 7.93. The molecule has 1 unspecified atom stereocenters. The van der Waals surface area contributed by atoms with E-state index in [1.165, 1.54) is 11.9 Å². The molecule has 2 aliphatic heterocycles. The summed E-state index contributed by atoms with van der Waals surface area (Å²) in [6.07, 6.45) is -3.64. The van der Waals surface area contributed by atoms with Crippen LogP contribution in [0, 0.1) is 0 Å². The monoisotopic (exact) mass is 342 g/mol. The van der Waals surface area contributed by atoms with E-state index in [0.29, 0.717) is 24.9 Å². The second-order valence-electron chi connectivity index (χ2n) is 6.92. The molecule has 1 aromatic rings. The van der Waals surface area contributed by atoms with E-state index in [-0.39, 0.29) is 11.6 Å². The van der Waals surface area contributed by atoms with Crippen LogP contribution >= 0.6 is 0 Å². The summed E-state index contributed by atoms with van der Waals surface area (Å²) < 4.78 is 38.9. The number of fused-ring (bicyclic) bond motifs is 3. The fourth-order valence-corrected chi connectivity index (χ4v) is 3.53. The van der Waals surface area contributed by atoms with Crippen LogP contribution in [0.2, 0.25) is 0 Å². The standard InChI is InChI=1S/C16H21F3N4O/c1-10(2)22-5-6-23-13-12(7-11(8-20-13)16(17,18)19)21(4)14(24)15(23,3)9-22/h7-8,10H,5-6,9H2,1-4H3. The van der Waals surface area contributed by atoms with Crippen LogP contribution in [0.1, 0.15) is 26.3 Å². The van der Waals surface area contributed by atoms with Crippen LogP contribution < -0.4 is 9.80 Å². The number of pyridine rings is 1. The van der Waals surface area contributed by atoms with Gasteiger partial charge >= 0.3 is 6.18 Å². The summed E-state index contributed by atoms with van der Waals surface area (Å²) in [5.41, 5.74) is -1.45. The largest absolute Gasteiger partial charge is 0.417 e. The van der Waals surface area contributed by atoms with Crippen molar-refractivity contribution in [2.75, 3.05) is 36.5 Å². The molecule has 1 aromatic heterocycles. The summed E-state index contributed by atoms with van der Waals surface area (Å²) in [7, 11) is 1.51. The Kier molecular flexibility index (Phi) is 3.78. The van der Waals surface area contributed by atoms with Crippen molar-refractivity contribution >= 4 is 17.4 Å². The molecule has 0 aromatic carbocycles. The van der Waals surface area contributed by atoms with Crippen molar-refractivity contribution in [3.05, 3.63) is 17.8 Å². The summed E-state index contributed by atoms with van der Waals surface area (Å²) >= 11 is 0. The number of aromatic nitrogens is 1. The molecule has 132 valence electrons. The lowest BCUT2D eigenvalue weighted by atomic mass is 9.90. The van der Waals surface area contributed by atoms with Gasteiger partial charge in [0, 0.05) is 38.9 Å². The van der Waals surface area contributed by atoms with Gasteiger partial charge in [0.25, 0.3) is 5.91 Å². The first-order chi connectivity index (χ1) is 11.1. The lowest BCUT2D eigenvalue weighted by Gasteiger charge is -2.53. The normalized spacial score (nSPS) is 25.1. The summed E-state index contributed by atoms with van der Waals surface area (Å²) in [6, 6.07) is 1.30. The molecule has 0 spiro atoms. The summed E-state index contributed by atoms with van der Waals surface area (Å²) in [5.74, 6) is 0.234. The highest BCUT2D eigenvalue weighted by atomic mass is 19.4. The topological polar surface area (TPSA) is 39.7 Å². The number of nitrogens with zero attached hydrogens (tertiary/aromatic N) is 4. The third-order valence-corrected chi connectivity index (χ3v) is 5.00. The zero-order valence-corrected chi connectivity index (χ0v) is 14.2. The Morgan fingerprint density at radius 2 is 1.96 bits per heavy atom. The van der Waals surface area contributed by atoms with Gasteiger partial charge < -0.3 is 9.80 Å². The maximum Gasteiger partial charge on any atom is 0.417 e. The van der Waals surface area contributed by atoms with Crippen molar-refractivity contribution in [1.82, 2.24) is 9.88 Å². The van der Waals surface area contributed by atoms with Crippen molar-refractivity contribution < 1.29 is 18.0 Å². The Bertz CT molecular complexity index is 676. The van der Waals surface area contributed by atoms with E-state index in [1.54, 1.807) is 0 Å². The molecular formula is C16H21F3N4O. The number of amides is 1. The Hall–Kier alpha value is -1.83. The maximum atomic E-state index is 13.0. The highest BCUT2D eigenvalue weighted by Gasteiger charge is 2.51. The van der Waals surface area contributed by atoms with Gasteiger partial charge in [-0.2, -0.15) is 13.2 Å². The third-order valence-electron chi connectivity index (χ3n) is 5.00. The number of piperazine rings is 1. The lowest BCUT2D eigenvalue weighted by Crippen LogP contribution is -2.70. The molecule has 3 heterocycles. The van der Waals surface area contributed by atoms with E-state index in [9.17, 15) is 18.0 Å². The Labute approximate surface area is 139 Å². The number of hydrogen-bond donors (Lipinski definition) is 0. The summed E-state index contributed by atoms with van der Waals surface area (Å²) in [6.45, 7) is 7.79. The number of rotatable bonds is 1. The van der Waals surface area contributed by atoms with Crippen molar-refractivity contribution in [3.8, 4) is 0 Å². The van der Waals surface area contributed by atoms with Crippen molar-refractivity contribution in [2.45, 2.75) is 38.5 Å². The van der Waals surface area contributed by atoms with Crippen molar-refractivity contribution in [2.24, 2.45) is 0 Å². The van der Waals surface area contributed by atoms with Crippen molar-refractivity contribution in [1.29, 1.82) is 0 Å². The molecule has 8 heteroatoms. The first-order valence-corrected chi connectivity index (χ1v) is 7.93. The van der Waals surface area contributed by atoms with E-state index < -0.39 is 17.3 Å². The van der Waals surface area contributed by atoms with Crippen LogP contribution in [0.15, 0.2) is 12.3 Å². The van der Waals surface area contributed by atoms with Gasteiger partial charge in [0.15, 0.2) is 5.82 Å². The maximum absolute atomic E-state index is 13.0. The van der Waals surface area contributed by atoms with Crippen LogP contribution in [0.25, 0.3) is 0 Å². The Balaban J connectivity index is 2.07. The van der Waals surface area contributed by atoms with E-state index in [1.807, 2.05) is 11.8 Å². The van der Waals surface area contributed by atoms with E-state index in [0.717, 1.165) is 18.8 Å². The molecule has 0 radical (unpaired) electrons. The molecule has 2 aliphatic rings. The van der Waals surface area contributed by atoms with E-state index >= 15 is 0 Å². The number of likely N-dealkylation sites (N-methyl/N-ethyl adjacent to an activating group) is 1. The predicted molar refractivity (Wildman–Crippen MR) is 85.1 cm³/mol. The van der Waals surface area contributed by atoms with Gasteiger partial charge in [-0.25, -0.2) is 4.98 Å². The van der Waals surface area contributed by atoms with E-state index in [4.69, 9.17) is 0 Å². The quantitative estimate of drug-likeness (QED) is 0.786. The van der Waals surface area contributed by atoms with Gasteiger partial charge in [-0.1, -0.05) is 0 Å². The van der Waals surface area contributed by atoms with Gasteiger partial charge in [0.05, 0.1) is 11.3 Å². The highest BCUT2D eigenvalue weighted by molar-refractivity contribution is 6.07. The minimum atomic E-state index is -4.48. The van der Waals surface area contributed by atoms with E-state index in [2.05, 4.69) is 23.7 Å². The highest BCUT2D eigenvalue weighted by Crippen LogP contribution is 2.42. The van der Waals surface area contributed by atoms with Crippen LogP contribution in [0.5, 0.6) is 0 Å². The molecule has 0 N–H and O–H groups in total. The fourth-order valence-electron chi connectivity index (χ4n) is 3.53. The van der Waals surface area contributed by atoms with Crippen molar-refractivity contribution in [3.63, 3.8) is 0 Å². The van der Waals surface area contributed by atoms with Gasteiger partial charge in [0.2, 0.25) is 0 Å². The Morgan fingerprint density at radius 1 is 1.29 bits per heavy atom. The molecule has 1 saturated heterocycles. The second kappa shape index (κ2) is 5.34. The van der Waals surface area contributed by atoms with Gasteiger partial charge in [-0.05, 0) is 26.8 Å². The zero-order chi connectivity index (χ0) is 17.9.